The average Bonchev–Trinajstić information content (AvgIpc) is 3.16. The lowest BCUT2D eigenvalue weighted by atomic mass is 10.0. The number of allylic oxidation sites excluding steroid dienone is 8. The molecule has 0 aliphatic rings. The number of aliphatic hydroxyl groups excluding tert-OH is 2. The van der Waals surface area contributed by atoms with Gasteiger partial charge in [0, 0.05) is 6.42 Å². The number of nitrogens with one attached hydrogen (secondary N) is 1. The molecule has 0 aromatic rings. The third-order valence-corrected chi connectivity index (χ3v) is 10.2. The van der Waals surface area contributed by atoms with Crippen molar-refractivity contribution in [3.05, 3.63) is 48.6 Å². The summed E-state index contributed by atoms with van der Waals surface area (Å²) in [6.07, 6.45) is 48.9. The Morgan fingerprint density at radius 1 is 0.556 bits per heavy atom. The molecule has 6 nitrogen and oxygen atoms in total. The molecule has 0 spiro atoms. The van der Waals surface area contributed by atoms with E-state index in [9.17, 15) is 19.8 Å². The van der Waals surface area contributed by atoms with Crippen molar-refractivity contribution in [2.24, 2.45) is 0 Å². The van der Waals surface area contributed by atoms with Crippen molar-refractivity contribution < 1.29 is 24.5 Å². The number of hydrogen-bond acceptors (Lipinski definition) is 5. The summed E-state index contributed by atoms with van der Waals surface area (Å²) in [5.74, 6) is -0.512. The quantitative estimate of drug-likeness (QED) is 0.0329. The van der Waals surface area contributed by atoms with Gasteiger partial charge >= 0.3 is 5.97 Å². The smallest absolute Gasteiger partial charge is 0.306 e. The molecule has 3 unspecified atom stereocenters. The number of ether oxygens (including phenoxy) is 1. The molecule has 314 valence electrons. The number of amides is 1. The van der Waals surface area contributed by atoms with E-state index in [0.29, 0.717) is 19.3 Å². The van der Waals surface area contributed by atoms with Gasteiger partial charge in [-0.05, 0) is 64.2 Å². The summed E-state index contributed by atoms with van der Waals surface area (Å²) < 4.78 is 5.88. The minimum atomic E-state index is -0.789. The predicted molar refractivity (Wildman–Crippen MR) is 232 cm³/mol. The lowest BCUT2D eigenvalue weighted by Crippen LogP contribution is -2.46. The molecule has 3 N–H and O–H groups in total. The van der Waals surface area contributed by atoms with Crippen LogP contribution in [0.2, 0.25) is 0 Å². The molecule has 0 saturated carbocycles. The Morgan fingerprint density at radius 2 is 1.00 bits per heavy atom. The highest BCUT2D eigenvalue weighted by molar-refractivity contribution is 5.77. The fraction of sp³-hybridized carbons (Fsp3) is 0.792. The van der Waals surface area contributed by atoms with E-state index in [-0.39, 0.29) is 24.9 Å². The Labute approximate surface area is 334 Å². The van der Waals surface area contributed by atoms with Crippen molar-refractivity contribution in [1.29, 1.82) is 0 Å². The first-order valence-corrected chi connectivity index (χ1v) is 22.9. The summed E-state index contributed by atoms with van der Waals surface area (Å²) in [6, 6.07) is -0.703. The van der Waals surface area contributed by atoms with Gasteiger partial charge in [-0.1, -0.05) is 191 Å². The molecule has 0 aliphatic heterocycles. The van der Waals surface area contributed by atoms with Crippen LogP contribution < -0.4 is 5.32 Å². The molecule has 6 heteroatoms. The van der Waals surface area contributed by atoms with E-state index in [1.165, 1.54) is 83.5 Å². The molecule has 0 heterocycles. The molecule has 0 bridgehead atoms. The Hall–Kier alpha value is -2.18. The monoisotopic (exact) mass is 758 g/mol. The second-order valence-corrected chi connectivity index (χ2v) is 15.4. The number of hydrogen-bond donors (Lipinski definition) is 3. The van der Waals surface area contributed by atoms with Gasteiger partial charge in [-0.15, -0.1) is 0 Å². The molecule has 0 rings (SSSR count). The normalized spacial score (nSPS) is 13.8. The first-order valence-electron chi connectivity index (χ1n) is 22.9. The van der Waals surface area contributed by atoms with E-state index >= 15 is 0 Å². The van der Waals surface area contributed by atoms with E-state index in [0.717, 1.165) is 89.9 Å². The third-order valence-electron chi connectivity index (χ3n) is 10.2. The van der Waals surface area contributed by atoms with Gasteiger partial charge in [-0.25, -0.2) is 0 Å². The molecule has 1 amide bonds. The van der Waals surface area contributed by atoms with Gasteiger partial charge in [-0.3, -0.25) is 9.59 Å². The lowest BCUT2D eigenvalue weighted by Gasteiger charge is -2.24. The average molecular weight is 758 g/mol. The molecule has 0 fully saturated rings. The number of esters is 1. The maximum Gasteiger partial charge on any atom is 0.306 e. The van der Waals surface area contributed by atoms with Gasteiger partial charge < -0.3 is 20.3 Å². The van der Waals surface area contributed by atoms with Crippen molar-refractivity contribution in [1.82, 2.24) is 5.32 Å². The Balaban J connectivity index is 4.58. The van der Waals surface area contributed by atoms with Crippen LogP contribution in [0.25, 0.3) is 0 Å². The zero-order valence-corrected chi connectivity index (χ0v) is 35.6. The highest BCUT2D eigenvalue weighted by atomic mass is 16.5. The minimum absolute atomic E-state index is 0.0655. The fourth-order valence-corrected chi connectivity index (χ4v) is 6.71. The fourth-order valence-electron chi connectivity index (χ4n) is 6.71. The van der Waals surface area contributed by atoms with E-state index in [1.807, 2.05) is 0 Å². The van der Waals surface area contributed by atoms with Crippen molar-refractivity contribution in [2.45, 2.75) is 238 Å². The first kappa shape index (κ1) is 51.8. The van der Waals surface area contributed by atoms with Crippen LogP contribution in [0, 0.1) is 0 Å². The van der Waals surface area contributed by atoms with Gasteiger partial charge in [0.15, 0.2) is 0 Å². The maximum absolute atomic E-state index is 13.1. The SMILES string of the molecule is CC/C=C/C/C=C/C/C=C/C/C=C/CCCCCC(=O)OC(CCCCCCCCCCC)CC(=O)NC(CO)C(O)CCCCCCCCCCCC. The van der Waals surface area contributed by atoms with Crippen LogP contribution in [-0.2, 0) is 14.3 Å². The number of carbonyl (C=O) groups excluding carboxylic acids is 2. The number of aliphatic hydroxyl groups is 2. The zero-order chi connectivity index (χ0) is 39.6. The summed E-state index contributed by atoms with van der Waals surface area (Å²) in [5, 5.41) is 23.6. The standard InChI is InChI=1S/C48H87NO5/c1-4-7-10-13-16-19-21-22-23-24-25-26-29-32-35-38-41-48(53)54-44(39-36-33-30-27-18-15-12-9-6-3)42-47(52)49-45(43-50)46(51)40-37-34-31-28-20-17-14-11-8-5-2/h7,10,16,19,22-23,25-26,44-46,50-51H,4-6,8-9,11-15,17-18,20-21,24,27-43H2,1-3H3,(H,49,52)/b10-7+,19-16+,23-22+,26-25+. The minimum Gasteiger partial charge on any atom is -0.462 e. The third kappa shape index (κ3) is 36.8. The molecule has 3 atom stereocenters. The molecular formula is C48H87NO5. The summed E-state index contributed by atoms with van der Waals surface area (Å²) >= 11 is 0. The van der Waals surface area contributed by atoms with E-state index in [1.54, 1.807) is 0 Å². The maximum atomic E-state index is 13.1. The van der Waals surface area contributed by atoms with Crippen LogP contribution in [0.1, 0.15) is 220 Å². The molecule has 54 heavy (non-hydrogen) atoms. The van der Waals surface area contributed by atoms with Crippen molar-refractivity contribution >= 4 is 11.9 Å². The highest BCUT2D eigenvalue weighted by Crippen LogP contribution is 2.17. The number of unbranched alkanes of at least 4 members (excludes halogenated alkanes) is 20. The van der Waals surface area contributed by atoms with Crippen LogP contribution in [-0.4, -0.2) is 46.9 Å². The highest BCUT2D eigenvalue weighted by Gasteiger charge is 2.24. The molecule has 0 aromatic carbocycles. The van der Waals surface area contributed by atoms with Gasteiger partial charge in [0.05, 0.1) is 25.2 Å². The Bertz CT molecular complexity index is 941. The van der Waals surface area contributed by atoms with E-state index < -0.39 is 18.2 Å². The van der Waals surface area contributed by atoms with Crippen LogP contribution in [0.4, 0.5) is 0 Å². The van der Waals surface area contributed by atoms with Crippen LogP contribution >= 0.6 is 0 Å². The molecule has 0 saturated heterocycles. The summed E-state index contributed by atoms with van der Waals surface area (Å²) in [6.45, 7) is 6.32. The van der Waals surface area contributed by atoms with Crippen molar-refractivity contribution in [2.75, 3.05) is 6.61 Å². The number of rotatable bonds is 40. The summed E-state index contributed by atoms with van der Waals surface area (Å²) in [7, 11) is 0. The molecular weight excluding hydrogens is 671 g/mol. The van der Waals surface area contributed by atoms with Crippen molar-refractivity contribution in [3.63, 3.8) is 0 Å². The van der Waals surface area contributed by atoms with Crippen LogP contribution in [0.5, 0.6) is 0 Å². The molecule has 0 aliphatic carbocycles. The zero-order valence-electron chi connectivity index (χ0n) is 35.6. The van der Waals surface area contributed by atoms with E-state index in [4.69, 9.17) is 4.74 Å². The second-order valence-electron chi connectivity index (χ2n) is 15.4. The predicted octanol–water partition coefficient (Wildman–Crippen LogP) is 13.1. The summed E-state index contributed by atoms with van der Waals surface area (Å²) in [5.41, 5.74) is 0. The van der Waals surface area contributed by atoms with Gasteiger partial charge in [-0.2, -0.15) is 0 Å². The summed E-state index contributed by atoms with van der Waals surface area (Å²) in [4.78, 5) is 25.9. The first-order chi connectivity index (χ1) is 26.5. The van der Waals surface area contributed by atoms with Gasteiger partial charge in [0.2, 0.25) is 5.91 Å². The molecule has 0 aromatic heterocycles. The topological polar surface area (TPSA) is 95.9 Å². The second kappa shape index (κ2) is 42.0. The van der Waals surface area contributed by atoms with Crippen molar-refractivity contribution in [3.8, 4) is 0 Å². The lowest BCUT2D eigenvalue weighted by molar-refractivity contribution is -0.151. The Kier molecular flexibility index (Phi) is 40.3. The largest absolute Gasteiger partial charge is 0.462 e. The van der Waals surface area contributed by atoms with Gasteiger partial charge in [0.1, 0.15) is 6.10 Å². The molecule has 0 radical (unpaired) electrons. The van der Waals surface area contributed by atoms with Crippen LogP contribution in [0.15, 0.2) is 48.6 Å². The number of carbonyl (C=O) groups is 2. The van der Waals surface area contributed by atoms with E-state index in [2.05, 4.69) is 74.7 Å². The van der Waals surface area contributed by atoms with Crippen LogP contribution in [0.3, 0.4) is 0 Å². The Morgan fingerprint density at radius 3 is 1.50 bits per heavy atom. The van der Waals surface area contributed by atoms with Gasteiger partial charge in [0.25, 0.3) is 0 Å².